The fourth-order valence-electron chi connectivity index (χ4n) is 6.42. The van der Waals surface area contributed by atoms with Gasteiger partial charge in [-0.05, 0) is 67.2 Å². The van der Waals surface area contributed by atoms with Crippen molar-refractivity contribution < 1.29 is 34.4 Å². The second-order valence-electron chi connectivity index (χ2n) is 15.1. The van der Waals surface area contributed by atoms with E-state index >= 15 is 0 Å². The first kappa shape index (κ1) is 40.2. The summed E-state index contributed by atoms with van der Waals surface area (Å²) in [5.41, 5.74) is 6.07. The van der Waals surface area contributed by atoms with Gasteiger partial charge in [-0.15, -0.1) is 40.5 Å². The molecule has 6 rings (SSSR count). The van der Waals surface area contributed by atoms with Crippen LogP contribution in [0.15, 0.2) is 89.4 Å². The number of hydrogen-bond acceptors (Lipinski definition) is 5. The Labute approximate surface area is 321 Å². The molecule has 6 aromatic rings. The number of carbonyl (C=O) groups is 1. The summed E-state index contributed by atoms with van der Waals surface area (Å²) < 4.78 is 6.98. The van der Waals surface area contributed by atoms with E-state index in [0.29, 0.717) is 0 Å². The van der Waals surface area contributed by atoms with E-state index < -0.39 is 0 Å². The molecule has 0 unspecified atom stereocenters. The summed E-state index contributed by atoms with van der Waals surface area (Å²) in [6.45, 7) is 21.0. The van der Waals surface area contributed by atoms with Gasteiger partial charge in [0.15, 0.2) is 5.78 Å². The molecule has 0 amide bonds. The van der Waals surface area contributed by atoms with Gasteiger partial charge in [0.2, 0.25) is 0 Å². The fourth-order valence-corrected chi connectivity index (χ4v) is 7.51. The maximum Gasteiger partial charge on any atom is 0.164 e. The van der Waals surface area contributed by atoms with Gasteiger partial charge in [0.25, 0.3) is 0 Å². The Morgan fingerprint density at radius 1 is 0.882 bits per heavy atom. The van der Waals surface area contributed by atoms with Crippen molar-refractivity contribution in [3.63, 3.8) is 0 Å². The number of ketones is 1. The van der Waals surface area contributed by atoms with E-state index in [2.05, 4.69) is 88.4 Å². The zero-order chi connectivity index (χ0) is 36.4. The number of carbonyl (C=O) groups excluding carboxylic acids is 1. The number of rotatable bonds is 9. The minimum Gasteiger partial charge on any atom is -0.512 e. The minimum atomic E-state index is -0.337. The van der Waals surface area contributed by atoms with Crippen LogP contribution in [0.5, 0.6) is 0 Å². The van der Waals surface area contributed by atoms with Gasteiger partial charge in [-0.25, -0.2) is 0 Å². The largest absolute Gasteiger partial charge is 0.512 e. The molecule has 0 fully saturated rings. The average molecular weight is 879 g/mol. The summed E-state index contributed by atoms with van der Waals surface area (Å²) in [5.74, 6) is 0.286. The van der Waals surface area contributed by atoms with Crippen molar-refractivity contribution in [3.8, 4) is 21.7 Å². The van der Waals surface area contributed by atoms with E-state index in [4.69, 9.17) is 9.40 Å². The summed E-state index contributed by atoms with van der Waals surface area (Å²) in [6.07, 6.45) is 8.51. The second kappa shape index (κ2) is 16.0. The Morgan fingerprint density at radius 3 is 2.20 bits per heavy atom. The Kier molecular flexibility index (Phi) is 12.6. The first-order valence-electron chi connectivity index (χ1n) is 18.0. The van der Waals surface area contributed by atoms with Gasteiger partial charge >= 0.3 is 0 Å². The van der Waals surface area contributed by atoms with Crippen LogP contribution in [0, 0.1) is 23.8 Å². The molecule has 0 aliphatic rings. The molecule has 271 valence electrons. The summed E-state index contributed by atoms with van der Waals surface area (Å²) in [5, 5.41) is 14.9. The molecule has 1 N–H and O–H groups in total. The predicted molar refractivity (Wildman–Crippen MR) is 213 cm³/mol. The first-order chi connectivity index (χ1) is 23.7. The van der Waals surface area contributed by atoms with Crippen LogP contribution in [0.2, 0.25) is 0 Å². The molecular formula is C45H52IrNO3S-. The monoisotopic (exact) mass is 879 g/mol. The first-order valence-corrected chi connectivity index (χ1v) is 18.8. The van der Waals surface area contributed by atoms with E-state index in [9.17, 15) is 9.90 Å². The molecule has 4 nitrogen and oxygen atoms in total. The van der Waals surface area contributed by atoms with E-state index in [-0.39, 0.29) is 47.9 Å². The molecule has 3 aromatic carbocycles. The van der Waals surface area contributed by atoms with Crippen LogP contribution in [0.1, 0.15) is 99.1 Å². The molecule has 0 atom stereocenters. The molecule has 0 bridgehead atoms. The van der Waals surface area contributed by atoms with Crippen LogP contribution in [0.4, 0.5) is 0 Å². The number of fused-ring (bicyclic) bond motifs is 3. The zero-order valence-corrected chi connectivity index (χ0v) is 35.0. The van der Waals surface area contributed by atoms with Crippen molar-refractivity contribution in [2.75, 3.05) is 0 Å². The third-order valence-corrected chi connectivity index (χ3v) is 12.1. The Balaban J connectivity index is 0.000000279. The maximum absolute atomic E-state index is 12.2. The maximum atomic E-state index is 12.2. The van der Waals surface area contributed by atoms with Crippen LogP contribution < -0.4 is 0 Å². The normalized spacial score (nSPS) is 12.5. The fraction of sp³-hybridized carbons (Fsp3) is 0.378. The molecule has 3 aromatic heterocycles. The Morgan fingerprint density at radius 2 is 1.55 bits per heavy atom. The number of thiophene rings is 1. The summed E-state index contributed by atoms with van der Waals surface area (Å²) >= 11 is 1.80. The van der Waals surface area contributed by atoms with Crippen molar-refractivity contribution in [2.45, 2.75) is 100 Å². The number of allylic oxidation sites excluding steroid dienone is 2. The van der Waals surface area contributed by atoms with E-state index in [1.165, 1.54) is 42.9 Å². The molecular weight excluding hydrogens is 827 g/mol. The Bertz CT molecular complexity index is 2170. The number of aliphatic hydroxyl groups is 1. The third kappa shape index (κ3) is 8.09. The number of aromatic nitrogens is 1. The van der Waals surface area contributed by atoms with E-state index in [1.807, 2.05) is 60.1 Å². The van der Waals surface area contributed by atoms with Crippen LogP contribution in [0.3, 0.4) is 0 Å². The summed E-state index contributed by atoms with van der Waals surface area (Å²) in [6, 6.07) is 25.1. The molecule has 6 heteroatoms. The number of aryl methyl sites for hydroxylation is 1. The van der Waals surface area contributed by atoms with Gasteiger partial charge in [0.05, 0.1) is 6.26 Å². The number of benzene rings is 3. The average Bonchev–Trinajstić information content (AvgIpc) is 3.73. The number of furan rings is 1. The van der Waals surface area contributed by atoms with Crippen molar-refractivity contribution in [2.24, 2.45) is 10.8 Å². The zero-order valence-electron chi connectivity index (χ0n) is 31.8. The molecule has 0 aliphatic carbocycles. The molecule has 0 saturated carbocycles. The van der Waals surface area contributed by atoms with Crippen LogP contribution in [0.25, 0.3) is 53.5 Å². The number of nitrogens with zero attached hydrogens (tertiary/aromatic N) is 1. The van der Waals surface area contributed by atoms with E-state index in [1.54, 1.807) is 11.3 Å². The standard InChI is InChI=1S/C30H24NOS.C15H28O2.Ir/c1-18-17-32-25-11-7-10-22(28(18)25)27-16-23-26(33-27)12-13-31-29(23)20-14-19-8-5-6-9-21(19)24(15-20)30(2,3)4;1-7-14(5,8-2)12(16)11-13(17)15(6,9-3)10-4;/h5-13,15-17H,1-4H3;11,16H,7-10H2,1-6H3;/q-1;;/b;12-11-;. The second-order valence-corrected chi connectivity index (χ2v) is 16.2. The van der Waals surface area contributed by atoms with Crippen molar-refractivity contribution in [3.05, 3.63) is 102 Å². The van der Waals surface area contributed by atoms with Gasteiger partial charge in [0, 0.05) is 69.4 Å². The predicted octanol–water partition coefficient (Wildman–Crippen LogP) is 13.6. The smallest absolute Gasteiger partial charge is 0.164 e. The van der Waals surface area contributed by atoms with Gasteiger partial charge in [-0.3, -0.25) is 9.78 Å². The molecule has 0 saturated heterocycles. The van der Waals surface area contributed by atoms with Crippen LogP contribution >= 0.6 is 11.3 Å². The van der Waals surface area contributed by atoms with Gasteiger partial charge < -0.3 is 9.52 Å². The van der Waals surface area contributed by atoms with Gasteiger partial charge in [-0.1, -0.05) is 104 Å². The van der Waals surface area contributed by atoms with Crippen LogP contribution in [-0.4, -0.2) is 15.9 Å². The molecule has 0 aliphatic heterocycles. The number of aliphatic hydroxyl groups excluding tert-OH is 1. The van der Waals surface area contributed by atoms with Gasteiger partial charge in [-0.2, -0.15) is 0 Å². The van der Waals surface area contributed by atoms with Crippen LogP contribution in [-0.2, 0) is 30.3 Å². The topological polar surface area (TPSA) is 63.3 Å². The molecule has 51 heavy (non-hydrogen) atoms. The molecule has 0 spiro atoms. The van der Waals surface area contributed by atoms with Crippen molar-refractivity contribution >= 4 is 48.9 Å². The SMILES string of the molecule is CCC(C)(CC)C(=O)/C=C(\O)C(C)(CC)CC.Cc1coc2cccc(-c3cc4c(-c5[c-]c6ccccc6c(C(C)(C)C)c5)nccc4s3)c12.[Ir]. The van der Waals surface area contributed by atoms with Crippen molar-refractivity contribution in [1.82, 2.24) is 4.98 Å². The summed E-state index contributed by atoms with van der Waals surface area (Å²) in [4.78, 5) is 18.2. The quantitative estimate of drug-likeness (QED) is 0.0893. The third-order valence-electron chi connectivity index (χ3n) is 10.9. The number of hydrogen-bond donors (Lipinski definition) is 1. The molecule has 1 radical (unpaired) electrons. The number of pyridine rings is 1. The minimum absolute atomic E-state index is 0. The Hall–Kier alpha value is -3.57. The summed E-state index contributed by atoms with van der Waals surface area (Å²) in [7, 11) is 0. The van der Waals surface area contributed by atoms with Gasteiger partial charge in [0.1, 0.15) is 11.3 Å². The van der Waals surface area contributed by atoms with E-state index in [0.717, 1.165) is 53.5 Å². The molecule has 3 heterocycles. The van der Waals surface area contributed by atoms with Crippen molar-refractivity contribution in [1.29, 1.82) is 0 Å².